The van der Waals surface area contributed by atoms with Crippen molar-refractivity contribution in [1.29, 1.82) is 0 Å². The monoisotopic (exact) mass is 556 g/mol. The number of aryl methyl sites for hydroxylation is 1. The smallest absolute Gasteiger partial charge is 0.254 e. The highest BCUT2D eigenvalue weighted by atomic mass is 16.7. The lowest BCUT2D eigenvalue weighted by molar-refractivity contribution is -0.0281. The molecule has 7 nitrogen and oxygen atoms in total. The van der Waals surface area contributed by atoms with Crippen LogP contribution >= 0.6 is 0 Å². The largest absolute Gasteiger partial charge is 0.497 e. The molecule has 6 rings (SSSR count). The minimum absolute atomic E-state index is 0.0488. The summed E-state index contributed by atoms with van der Waals surface area (Å²) in [5, 5.41) is 0. The van der Waals surface area contributed by atoms with Crippen molar-refractivity contribution in [1.82, 2.24) is 9.80 Å². The maximum atomic E-state index is 14.1. The first-order valence-corrected chi connectivity index (χ1v) is 14.8. The third-order valence-corrected chi connectivity index (χ3v) is 8.65. The van der Waals surface area contributed by atoms with Gasteiger partial charge in [-0.15, -0.1) is 0 Å². The average molecular weight is 557 g/mol. The van der Waals surface area contributed by atoms with Crippen LogP contribution in [0.4, 0.5) is 0 Å². The van der Waals surface area contributed by atoms with Crippen molar-refractivity contribution in [2.24, 2.45) is 0 Å². The second kappa shape index (κ2) is 12.5. The highest BCUT2D eigenvalue weighted by Crippen LogP contribution is 2.40. The van der Waals surface area contributed by atoms with E-state index >= 15 is 0 Å². The van der Waals surface area contributed by atoms with Crippen LogP contribution in [0.15, 0.2) is 66.7 Å². The van der Waals surface area contributed by atoms with E-state index in [9.17, 15) is 4.79 Å². The lowest BCUT2D eigenvalue weighted by Crippen LogP contribution is -2.50. The zero-order chi connectivity index (χ0) is 28.2. The van der Waals surface area contributed by atoms with Gasteiger partial charge in [0.1, 0.15) is 5.75 Å². The van der Waals surface area contributed by atoms with Gasteiger partial charge in [0, 0.05) is 43.9 Å². The quantitative estimate of drug-likeness (QED) is 0.332. The first kappa shape index (κ1) is 27.6. The predicted molar refractivity (Wildman–Crippen MR) is 158 cm³/mol. The Bertz CT molecular complexity index is 1340. The number of hydrogen-bond donors (Lipinski definition) is 0. The van der Waals surface area contributed by atoms with Crippen LogP contribution in [0, 0.1) is 6.92 Å². The number of amides is 1. The van der Waals surface area contributed by atoms with Crippen molar-refractivity contribution in [2.75, 3.05) is 33.6 Å². The fourth-order valence-electron chi connectivity index (χ4n) is 6.45. The molecule has 0 aromatic heterocycles. The van der Waals surface area contributed by atoms with Crippen molar-refractivity contribution in [3.63, 3.8) is 0 Å². The molecular weight excluding hydrogens is 516 g/mol. The Morgan fingerprint density at radius 1 is 1.00 bits per heavy atom. The molecule has 2 fully saturated rings. The van der Waals surface area contributed by atoms with E-state index in [1.807, 2.05) is 30.3 Å². The van der Waals surface area contributed by atoms with Crippen LogP contribution in [0.1, 0.15) is 65.2 Å². The van der Waals surface area contributed by atoms with E-state index in [0.717, 1.165) is 68.2 Å². The van der Waals surface area contributed by atoms with E-state index in [-0.39, 0.29) is 30.9 Å². The zero-order valence-electron chi connectivity index (χ0n) is 24.1. The molecule has 7 heteroatoms. The molecule has 3 aliphatic rings. The van der Waals surface area contributed by atoms with E-state index < -0.39 is 0 Å². The van der Waals surface area contributed by atoms with Gasteiger partial charge in [0.25, 0.3) is 5.91 Å². The van der Waals surface area contributed by atoms with E-state index in [4.69, 9.17) is 18.9 Å². The van der Waals surface area contributed by atoms with Crippen molar-refractivity contribution in [3.8, 4) is 17.2 Å². The number of hydrogen-bond acceptors (Lipinski definition) is 6. The maximum Gasteiger partial charge on any atom is 0.254 e. The lowest BCUT2D eigenvalue weighted by Gasteiger charge is -2.45. The Hall–Kier alpha value is -3.55. The highest BCUT2D eigenvalue weighted by Gasteiger charge is 2.37. The molecular formula is C34H40N2O5. The molecule has 0 bridgehead atoms. The predicted octanol–water partition coefficient (Wildman–Crippen LogP) is 6.15. The first-order valence-electron chi connectivity index (χ1n) is 14.8. The first-order chi connectivity index (χ1) is 20.1. The topological polar surface area (TPSA) is 60.5 Å². The second-order valence-electron chi connectivity index (χ2n) is 11.4. The number of nitrogens with zero attached hydrogens (tertiary/aromatic N) is 2. The number of carbonyl (C=O) groups is 1. The van der Waals surface area contributed by atoms with Crippen LogP contribution in [0.3, 0.4) is 0 Å². The molecule has 41 heavy (non-hydrogen) atoms. The standard InChI is InChI=1S/C34H40N2O5/c1-24-6-5-7-25(18-24)21-36(34(37)26-9-12-29(38-2)13-10-26)28-15-16-35(22-30-8-3-4-17-39-30)31(20-28)27-11-14-32-33(19-27)41-23-40-32/h5-7,9-14,18-19,28,30-31H,3-4,8,15-17,20-23H2,1-2H3. The number of methoxy groups -OCH3 is 1. The average Bonchev–Trinajstić information content (AvgIpc) is 3.49. The molecule has 2 saturated heterocycles. The van der Waals surface area contributed by atoms with Gasteiger partial charge in [-0.25, -0.2) is 0 Å². The number of likely N-dealkylation sites (tertiary alicyclic amines) is 1. The zero-order valence-corrected chi connectivity index (χ0v) is 24.1. The number of piperidine rings is 1. The number of carbonyl (C=O) groups excluding carboxylic acids is 1. The molecule has 1 amide bonds. The molecule has 3 unspecified atom stereocenters. The fourth-order valence-corrected chi connectivity index (χ4v) is 6.45. The van der Waals surface area contributed by atoms with Crippen LogP contribution in [0.2, 0.25) is 0 Å². The third-order valence-electron chi connectivity index (χ3n) is 8.65. The van der Waals surface area contributed by atoms with E-state index in [2.05, 4.69) is 53.1 Å². The van der Waals surface area contributed by atoms with Crippen LogP contribution in [-0.4, -0.2) is 61.5 Å². The Morgan fingerprint density at radius 2 is 1.85 bits per heavy atom. The van der Waals surface area contributed by atoms with Crippen LogP contribution in [0.5, 0.6) is 17.2 Å². The van der Waals surface area contributed by atoms with Crippen LogP contribution in [-0.2, 0) is 11.3 Å². The van der Waals surface area contributed by atoms with Gasteiger partial charge < -0.3 is 23.8 Å². The lowest BCUT2D eigenvalue weighted by atomic mass is 9.89. The molecule has 0 saturated carbocycles. The summed E-state index contributed by atoms with van der Waals surface area (Å²) >= 11 is 0. The van der Waals surface area contributed by atoms with Crippen molar-refractivity contribution in [3.05, 3.63) is 89.0 Å². The molecule has 3 aromatic carbocycles. The maximum absolute atomic E-state index is 14.1. The summed E-state index contributed by atoms with van der Waals surface area (Å²) < 4.78 is 22.9. The summed E-state index contributed by atoms with van der Waals surface area (Å²) in [4.78, 5) is 18.8. The Kier molecular flexibility index (Phi) is 8.44. The summed E-state index contributed by atoms with van der Waals surface area (Å²) in [6.07, 6.45) is 5.45. The normalized spacial score (nSPS) is 22.3. The van der Waals surface area contributed by atoms with Gasteiger partial charge in [-0.2, -0.15) is 0 Å². The van der Waals surface area contributed by atoms with E-state index in [0.29, 0.717) is 12.1 Å². The molecule has 3 heterocycles. The number of ether oxygens (including phenoxy) is 4. The summed E-state index contributed by atoms with van der Waals surface area (Å²) in [5.74, 6) is 2.38. The number of fused-ring (bicyclic) bond motifs is 1. The van der Waals surface area contributed by atoms with Crippen molar-refractivity contribution in [2.45, 2.75) is 63.8 Å². The van der Waals surface area contributed by atoms with Gasteiger partial charge in [-0.1, -0.05) is 35.9 Å². The van der Waals surface area contributed by atoms with E-state index in [1.165, 1.54) is 17.5 Å². The molecule has 3 aromatic rings. The molecule has 0 radical (unpaired) electrons. The molecule has 216 valence electrons. The van der Waals surface area contributed by atoms with Crippen molar-refractivity contribution < 1.29 is 23.7 Å². The summed E-state index contributed by atoms with van der Waals surface area (Å²) in [6, 6.07) is 22.4. The summed E-state index contributed by atoms with van der Waals surface area (Å²) in [7, 11) is 1.64. The Labute approximate surface area is 243 Å². The van der Waals surface area contributed by atoms with Crippen LogP contribution in [0.25, 0.3) is 0 Å². The van der Waals surface area contributed by atoms with E-state index in [1.54, 1.807) is 7.11 Å². The Morgan fingerprint density at radius 3 is 2.63 bits per heavy atom. The molecule has 3 aliphatic heterocycles. The number of benzene rings is 3. The molecule has 0 N–H and O–H groups in total. The molecule has 0 spiro atoms. The molecule has 3 atom stereocenters. The van der Waals surface area contributed by atoms with Gasteiger partial charge in [-0.3, -0.25) is 9.69 Å². The minimum Gasteiger partial charge on any atom is -0.497 e. The minimum atomic E-state index is 0.0488. The SMILES string of the molecule is COc1ccc(C(=O)N(Cc2cccc(C)c2)C2CCN(CC3CCCCO3)C(c3ccc4c(c3)OCO4)C2)cc1. The van der Waals surface area contributed by atoms with Gasteiger partial charge >= 0.3 is 0 Å². The van der Waals surface area contributed by atoms with Gasteiger partial charge in [0.2, 0.25) is 6.79 Å². The van der Waals surface area contributed by atoms with Gasteiger partial charge in [0.05, 0.1) is 13.2 Å². The fraction of sp³-hybridized carbons (Fsp3) is 0.441. The Balaban J connectivity index is 1.30. The van der Waals surface area contributed by atoms with Crippen molar-refractivity contribution >= 4 is 5.91 Å². The summed E-state index contributed by atoms with van der Waals surface area (Å²) in [6.45, 7) is 5.56. The highest BCUT2D eigenvalue weighted by molar-refractivity contribution is 5.94. The van der Waals surface area contributed by atoms with Gasteiger partial charge in [-0.05, 0) is 86.6 Å². The van der Waals surface area contributed by atoms with Crippen LogP contribution < -0.4 is 14.2 Å². The number of rotatable bonds is 8. The second-order valence-corrected chi connectivity index (χ2v) is 11.4. The summed E-state index contributed by atoms with van der Waals surface area (Å²) in [5.41, 5.74) is 4.21. The van der Waals surface area contributed by atoms with Gasteiger partial charge in [0.15, 0.2) is 11.5 Å². The molecule has 0 aliphatic carbocycles. The third kappa shape index (κ3) is 6.36.